The predicted octanol–water partition coefficient (Wildman–Crippen LogP) is 1.18. The molecule has 6 nitrogen and oxygen atoms in total. The van der Waals surface area contributed by atoms with Crippen molar-refractivity contribution in [2.45, 2.75) is 30.8 Å². The molecule has 21 heavy (non-hydrogen) atoms. The minimum atomic E-state index is -3.94. The van der Waals surface area contributed by atoms with E-state index in [0.717, 1.165) is 12.8 Å². The Morgan fingerprint density at radius 1 is 1.43 bits per heavy atom. The molecule has 0 bridgehead atoms. The van der Waals surface area contributed by atoms with Crippen molar-refractivity contribution in [3.05, 3.63) is 29.8 Å². The van der Waals surface area contributed by atoms with Crippen LogP contribution in [0.5, 0.6) is 0 Å². The van der Waals surface area contributed by atoms with Crippen LogP contribution in [0.1, 0.15) is 25.3 Å². The molecule has 2 rings (SSSR count). The summed E-state index contributed by atoms with van der Waals surface area (Å²) in [6.07, 6.45) is 1.37. The van der Waals surface area contributed by atoms with Crippen molar-refractivity contribution in [1.29, 1.82) is 5.26 Å². The lowest BCUT2D eigenvalue weighted by Gasteiger charge is -2.13. The Hall–Kier alpha value is -1.91. The molecule has 1 aromatic carbocycles. The van der Waals surface area contributed by atoms with Gasteiger partial charge in [-0.15, -0.1) is 0 Å². The molecule has 0 saturated heterocycles. The Morgan fingerprint density at radius 2 is 2.05 bits per heavy atom. The second-order valence-corrected chi connectivity index (χ2v) is 6.71. The largest absolute Gasteiger partial charge is 0.368 e. The maximum atomic E-state index is 12.0. The first kappa shape index (κ1) is 15.5. The number of nitrogens with one attached hydrogen (secondary N) is 1. The summed E-state index contributed by atoms with van der Waals surface area (Å²) in [4.78, 5) is 11.8. The molecule has 1 unspecified atom stereocenters. The minimum absolute atomic E-state index is 0.0655. The van der Waals surface area contributed by atoms with E-state index in [1.165, 1.54) is 31.2 Å². The van der Waals surface area contributed by atoms with E-state index in [1.807, 2.05) is 10.8 Å². The van der Waals surface area contributed by atoms with Gasteiger partial charge in [-0.25, -0.2) is 13.1 Å². The molecule has 0 heterocycles. The van der Waals surface area contributed by atoms with Crippen molar-refractivity contribution < 1.29 is 17.9 Å². The highest BCUT2D eigenvalue weighted by molar-refractivity contribution is 7.90. The third kappa shape index (κ3) is 4.28. The van der Waals surface area contributed by atoms with E-state index in [-0.39, 0.29) is 4.90 Å². The van der Waals surface area contributed by atoms with Gasteiger partial charge < -0.3 is 4.74 Å². The zero-order valence-corrected chi connectivity index (χ0v) is 12.4. The quantitative estimate of drug-likeness (QED) is 0.851. The van der Waals surface area contributed by atoms with Crippen LogP contribution >= 0.6 is 0 Å². The smallest absolute Gasteiger partial charge is 0.264 e. The SMILES string of the molecule is CC(OCC1CC1)C(=O)NS(=O)(=O)c1ccc(C#N)cc1. The third-order valence-corrected chi connectivity index (χ3v) is 4.54. The van der Waals surface area contributed by atoms with Crippen LogP contribution in [0.2, 0.25) is 0 Å². The zero-order chi connectivity index (χ0) is 15.5. The number of nitriles is 1. The van der Waals surface area contributed by atoms with Gasteiger partial charge in [-0.1, -0.05) is 0 Å². The van der Waals surface area contributed by atoms with Gasteiger partial charge in [0.15, 0.2) is 0 Å². The number of carbonyl (C=O) groups excluding carboxylic acids is 1. The van der Waals surface area contributed by atoms with Gasteiger partial charge in [0.05, 0.1) is 23.1 Å². The van der Waals surface area contributed by atoms with Crippen molar-refractivity contribution in [1.82, 2.24) is 4.72 Å². The highest BCUT2D eigenvalue weighted by Gasteiger charge is 2.26. The molecule has 1 aromatic rings. The highest BCUT2D eigenvalue weighted by atomic mass is 32.2. The summed E-state index contributed by atoms with van der Waals surface area (Å²) in [7, 11) is -3.94. The molecule has 1 atom stereocenters. The average Bonchev–Trinajstić information content (AvgIpc) is 3.28. The van der Waals surface area contributed by atoms with Crippen molar-refractivity contribution in [3.63, 3.8) is 0 Å². The number of sulfonamides is 1. The number of benzene rings is 1. The topological polar surface area (TPSA) is 96.3 Å². The van der Waals surface area contributed by atoms with Gasteiger partial charge in [-0.2, -0.15) is 5.26 Å². The Morgan fingerprint density at radius 3 is 2.57 bits per heavy atom. The molecule has 0 radical (unpaired) electrons. The third-order valence-electron chi connectivity index (χ3n) is 3.18. The molecule has 0 aliphatic heterocycles. The average molecular weight is 308 g/mol. The monoisotopic (exact) mass is 308 g/mol. The summed E-state index contributed by atoms with van der Waals surface area (Å²) < 4.78 is 31.4. The molecule has 1 fully saturated rings. The molecule has 1 amide bonds. The van der Waals surface area contributed by atoms with Gasteiger partial charge >= 0.3 is 0 Å². The van der Waals surface area contributed by atoms with Crippen molar-refractivity contribution in [2.24, 2.45) is 5.92 Å². The lowest BCUT2D eigenvalue weighted by Crippen LogP contribution is -2.38. The lowest BCUT2D eigenvalue weighted by atomic mass is 10.2. The standard InChI is InChI=1S/C14H16N2O4S/c1-10(20-9-12-2-3-12)14(17)16-21(18,19)13-6-4-11(8-15)5-7-13/h4-7,10,12H,2-3,9H2,1H3,(H,16,17). The number of carbonyl (C=O) groups is 1. The van der Waals surface area contributed by atoms with Crippen molar-refractivity contribution >= 4 is 15.9 Å². The second kappa shape index (κ2) is 6.24. The van der Waals surface area contributed by atoms with Crippen LogP contribution in [0.3, 0.4) is 0 Å². The maximum absolute atomic E-state index is 12.0. The molecule has 112 valence electrons. The number of hydrogen-bond donors (Lipinski definition) is 1. The van der Waals surface area contributed by atoms with E-state index in [9.17, 15) is 13.2 Å². The maximum Gasteiger partial charge on any atom is 0.264 e. The Bertz CT molecular complexity index is 657. The van der Waals surface area contributed by atoms with E-state index in [0.29, 0.717) is 18.1 Å². The first-order valence-electron chi connectivity index (χ1n) is 6.61. The molecule has 1 aliphatic rings. The Labute approximate surface area is 123 Å². The van der Waals surface area contributed by atoms with Crippen LogP contribution in [-0.2, 0) is 19.6 Å². The number of rotatable bonds is 6. The first-order chi connectivity index (χ1) is 9.92. The van der Waals surface area contributed by atoms with Gasteiger partial charge in [0.25, 0.3) is 15.9 Å². The predicted molar refractivity (Wildman–Crippen MR) is 74.6 cm³/mol. The Balaban J connectivity index is 1.98. The fourth-order valence-corrected chi connectivity index (χ4v) is 2.67. The van der Waals surface area contributed by atoms with Crippen LogP contribution in [0.15, 0.2) is 29.2 Å². The molecule has 1 aliphatic carbocycles. The summed E-state index contributed by atoms with van der Waals surface area (Å²) in [6.45, 7) is 2.00. The molecule has 1 saturated carbocycles. The van der Waals surface area contributed by atoms with Crippen molar-refractivity contribution in [2.75, 3.05) is 6.61 Å². The summed E-state index contributed by atoms with van der Waals surface area (Å²) in [5, 5.41) is 8.67. The van der Waals surface area contributed by atoms with Gasteiger partial charge in [0.2, 0.25) is 0 Å². The van der Waals surface area contributed by atoms with Gasteiger partial charge in [-0.05, 0) is 49.9 Å². The van der Waals surface area contributed by atoms with E-state index >= 15 is 0 Å². The number of hydrogen-bond acceptors (Lipinski definition) is 5. The number of amides is 1. The lowest BCUT2D eigenvalue weighted by molar-refractivity contribution is -0.130. The second-order valence-electron chi connectivity index (χ2n) is 5.02. The summed E-state index contributed by atoms with van der Waals surface area (Å²) >= 11 is 0. The van der Waals surface area contributed by atoms with E-state index in [1.54, 1.807) is 0 Å². The number of ether oxygens (including phenoxy) is 1. The van der Waals surface area contributed by atoms with Crippen LogP contribution < -0.4 is 4.72 Å². The summed E-state index contributed by atoms with van der Waals surface area (Å²) in [6, 6.07) is 7.22. The first-order valence-corrected chi connectivity index (χ1v) is 8.09. The Kier molecular flexibility index (Phi) is 4.60. The molecular formula is C14H16N2O4S. The summed E-state index contributed by atoms with van der Waals surface area (Å²) in [5.74, 6) is -0.199. The van der Waals surface area contributed by atoms with Crippen LogP contribution in [0.4, 0.5) is 0 Å². The van der Waals surface area contributed by atoms with E-state index < -0.39 is 22.0 Å². The van der Waals surface area contributed by atoms with Gasteiger partial charge in [-0.3, -0.25) is 4.79 Å². The molecule has 0 spiro atoms. The number of nitrogens with zero attached hydrogens (tertiary/aromatic N) is 1. The highest BCUT2D eigenvalue weighted by Crippen LogP contribution is 2.29. The normalized spacial score (nSPS) is 16.0. The van der Waals surface area contributed by atoms with Crippen molar-refractivity contribution in [3.8, 4) is 6.07 Å². The fourth-order valence-electron chi connectivity index (χ4n) is 1.62. The zero-order valence-electron chi connectivity index (χ0n) is 11.6. The summed E-state index contributed by atoms with van der Waals surface area (Å²) in [5.41, 5.74) is 0.349. The molecular weight excluding hydrogens is 292 g/mol. The van der Waals surface area contributed by atoms with Gasteiger partial charge in [0.1, 0.15) is 6.10 Å². The van der Waals surface area contributed by atoms with Crippen LogP contribution in [0.25, 0.3) is 0 Å². The minimum Gasteiger partial charge on any atom is -0.368 e. The van der Waals surface area contributed by atoms with Crippen LogP contribution in [-0.4, -0.2) is 27.0 Å². The molecule has 1 N–H and O–H groups in total. The van der Waals surface area contributed by atoms with E-state index in [2.05, 4.69) is 0 Å². The molecule has 7 heteroatoms. The molecule has 0 aromatic heterocycles. The fraction of sp³-hybridized carbons (Fsp3) is 0.429. The van der Waals surface area contributed by atoms with Crippen LogP contribution in [0, 0.1) is 17.2 Å². The van der Waals surface area contributed by atoms with E-state index in [4.69, 9.17) is 10.00 Å². The van der Waals surface area contributed by atoms with Gasteiger partial charge in [0, 0.05) is 0 Å².